The molecule has 2 atom stereocenters. The van der Waals surface area contributed by atoms with Crippen LogP contribution in [0.5, 0.6) is 0 Å². The fraction of sp³-hybridized carbons (Fsp3) is 0.517. The summed E-state index contributed by atoms with van der Waals surface area (Å²) in [4.78, 5) is 24.0. The minimum Gasteiger partial charge on any atom is -0.462 e. The van der Waals surface area contributed by atoms with Crippen LogP contribution in [-0.4, -0.2) is 63.7 Å². The molecule has 0 heterocycles. The normalized spacial score (nSPS) is 12.1. The highest BCUT2D eigenvalue weighted by atomic mass is 16.6. The van der Waals surface area contributed by atoms with Crippen LogP contribution in [0, 0.1) is 0 Å². The first kappa shape index (κ1) is 32.2. The van der Waals surface area contributed by atoms with Crippen molar-refractivity contribution in [1.82, 2.24) is 0 Å². The predicted octanol–water partition coefficient (Wildman–Crippen LogP) is 3.22. The fourth-order valence-electron chi connectivity index (χ4n) is 3.31. The molecule has 37 heavy (non-hydrogen) atoms. The third-order valence-corrected chi connectivity index (χ3v) is 5.16. The SMILES string of the molecule is CCC.CCc1ccccc1CC(N)C(=O)OCCOCCOCCOC(=O)C(N)Cc1ccccc1. The maximum atomic E-state index is 12.1. The first-order chi connectivity index (χ1) is 17.9. The van der Waals surface area contributed by atoms with Crippen LogP contribution in [0.4, 0.5) is 0 Å². The molecule has 8 heteroatoms. The van der Waals surface area contributed by atoms with Gasteiger partial charge in [0.25, 0.3) is 0 Å². The zero-order valence-corrected chi connectivity index (χ0v) is 22.5. The van der Waals surface area contributed by atoms with E-state index in [0.29, 0.717) is 26.1 Å². The van der Waals surface area contributed by atoms with Crippen LogP contribution >= 0.6 is 0 Å². The van der Waals surface area contributed by atoms with Crippen LogP contribution in [0.25, 0.3) is 0 Å². The van der Waals surface area contributed by atoms with Gasteiger partial charge in [0.05, 0.1) is 26.4 Å². The summed E-state index contributed by atoms with van der Waals surface area (Å²) in [5.74, 6) is -0.903. The van der Waals surface area contributed by atoms with Gasteiger partial charge in [-0.15, -0.1) is 0 Å². The van der Waals surface area contributed by atoms with E-state index in [1.54, 1.807) is 0 Å². The highest BCUT2D eigenvalue weighted by Gasteiger charge is 2.17. The molecule has 2 unspecified atom stereocenters. The van der Waals surface area contributed by atoms with Crippen molar-refractivity contribution in [2.75, 3.05) is 39.6 Å². The molecule has 0 aromatic heterocycles. The van der Waals surface area contributed by atoms with Crippen LogP contribution in [0.15, 0.2) is 54.6 Å². The van der Waals surface area contributed by atoms with Crippen molar-refractivity contribution in [3.8, 4) is 0 Å². The Morgan fingerprint density at radius 1 is 0.649 bits per heavy atom. The average Bonchev–Trinajstić information content (AvgIpc) is 2.90. The minimum absolute atomic E-state index is 0.123. The first-order valence-electron chi connectivity index (χ1n) is 13.0. The summed E-state index contributed by atoms with van der Waals surface area (Å²) in [5, 5.41) is 0. The van der Waals surface area contributed by atoms with E-state index in [4.69, 9.17) is 30.4 Å². The number of hydrogen-bond acceptors (Lipinski definition) is 8. The van der Waals surface area contributed by atoms with Gasteiger partial charge in [-0.2, -0.15) is 0 Å². The van der Waals surface area contributed by atoms with Gasteiger partial charge in [-0.1, -0.05) is 81.8 Å². The summed E-state index contributed by atoms with van der Waals surface area (Å²) >= 11 is 0. The number of ether oxygens (including phenoxy) is 4. The Kier molecular flexibility index (Phi) is 17.7. The van der Waals surface area contributed by atoms with Crippen molar-refractivity contribution in [2.45, 2.75) is 58.5 Å². The molecule has 0 fully saturated rings. The second-order valence-corrected chi connectivity index (χ2v) is 8.50. The molecule has 0 aliphatic heterocycles. The molecule has 0 aliphatic carbocycles. The van der Waals surface area contributed by atoms with Gasteiger partial charge >= 0.3 is 11.9 Å². The van der Waals surface area contributed by atoms with Gasteiger partial charge < -0.3 is 30.4 Å². The number of carbonyl (C=O) groups excluding carboxylic acids is 2. The lowest BCUT2D eigenvalue weighted by Crippen LogP contribution is -2.35. The Morgan fingerprint density at radius 3 is 1.59 bits per heavy atom. The van der Waals surface area contributed by atoms with Gasteiger partial charge in [-0.25, -0.2) is 0 Å². The van der Waals surface area contributed by atoms with E-state index in [1.807, 2.05) is 54.6 Å². The van der Waals surface area contributed by atoms with Crippen molar-refractivity contribution in [3.63, 3.8) is 0 Å². The Balaban J connectivity index is 0.00000217. The van der Waals surface area contributed by atoms with E-state index in [-0.39, 0.29) is 26.4 Å². The van der Waals surface area contributed by atoms with E-state index >= 15 is 0 Å². The molecule has 2 aromatic carbocycles. The molecule has 2 rings (SSSR count). The Labute approximate surface area is 221 Å². The summed E-state index contributed by atoms with van der Waals surface area (Å²) in [5.41, 5.74) is 15.1. The highest BCUT2D eigenvalue weighted by Crippen LogP contribution is 2.12. The molecule has 0 spiro atoms. The van der Waals surface area contributed by atoms with Crippen LogP contribution in [0.3, 0.4) is 0 Å². The average molecular weight is 517 g/mol. The van der Waals surface area contributed by atoms with Crippen LogP contribution < -0.4 is 11.5 Å². The number of rotatable bonds is 16. The van der Waals surface area contributed by atoms with Gasteiger partial charge in [0.15, 0.2) is 0 Å². The molecule has 0 bridgehead atoms. The summed E-state index contributed by atoms with van der Waals surface area (Å²) in [6.07, 6.45) is 3.01. The van der Waals surface area contributed by atoms with E-state index in [2.05, 4.69) is 20.8 Å². The lowest BCUT2D eigenvalue weighted by Gasteiger charge is -2.14. The van der Waals surface area contributed by atoms with E-state index in [0.717, 1.165) is 17.5 Å². The molecule has 8 nitrogen and oxygen atoms in total. The number of esters is 2. The zero-order valence-electron chi connectivity index (χ0n) is 22.5. The molecular weight excluding hydrogens is 472 g/mol. The second-order valence-electron chi connectivity index (χ2n) is 8.50. The van der Waals surface area contributed by atoms with E-state index in [9.17, 15) is 9.59 Å². The number of benzene rings is 2. The molecule has 0 amide bonds. The second kappa shape index (κ2) is 20.3. The maximum absolute atomic E-state index is 12.1. The minimum atomic E-state index is -0.709. The summed E-state index contributed by atoms with van der Waals surface area (Å²) < 4.78 is 21.1. The first-order valence-corrected chi connectivity index (χ1v) is 13.0. The number of carbonyl (C=O) groups is 2. The highest BCUT2D eigenvalue weighted by molar-refractivity contribution is 5.76. The van der Waals surface area contributed by atoms with Crippen LogP contribution in [0.1, 0.15) is 43.9 Å². The smallest absolute Gasteiger partial charge is 0.323 e. The van der Waals surface area contributed by atoms with Crippen molar-refractivity contribution in [1.29, 1.82) is 0 Å². The van der Waals surface area contributed by atoms with Crippen molar-refractivity contribution in [3.05, 3.63) is 71.3 Å². The molecule has 2 aromatic rings. The van der Waals surface area contributed by atoms with Gasteiger partial charge in [-0.05, 0) is 36.0 Å². The lowest BCUT2D eigenvalue weighted by atomic mass is 9.99. The van der Waals surface area contributed by atoms with Crippen LogP contribution in [-0.2, 0) is 47.8 Å². The third-order valence-electron chi connectivity index (χ3n) is 5.16. The third kappa shape index (κ3) is 14.5. The topological polar surface area (TPSA) is 123 Å². The van der Waals surface area contributed by atoms with Gasteiger partial charge in [-0.3, -0.25) is 9.59 Å². The lowest BCUT2D eigenvalue weighted by molar-refractivity contribution is -0.148. The molecule has 4 N–H and O–H groups in total. The van der Waals surface area contributed by atoms with Crippen LogP contribution in [0.2, 0.25) is 0 Å². The van der Waals surface area contributed by atoms with Gasteiger partial charge in [0, 0.05) is 0 Å². The van der Waals surface area contributed by atoms with Crippen molar-refractivity contribution < 1.29 is 28.5 Å². The monoisotopic (exact) mass is 516 g/mol. The van der Waals surface area contributed by atoms with Gasteiger partial charge in [0.1, 0.15) is 25.3 Å². The predicted molar refractivity (Wildman–Crippen MR) is 145 cm³/mol. The summed E-state index contributed by atoms with van der Waals surface area (Å²) in [6.45, 7) is 7.71. The van der Waals surface area contributed by atoms with Crippen molar-refractivity contribution >= 4 is 11.9 Å². The largest absolute Gasteiger partial charge is 0.462 e. The van der Waals surface area contributed by atoms with E-state index < -0.39 is 24.0 Å². The molecule has 0 saturated heterocycles. The van der Waals surface area contributed by atoms with E-state index in [1.165, 1.54) is 12.0 Å². The number of nitrogens with two attached hydrogens (primary N) is 2. The summed E-state index contributed by atoms with van der Waals surface area (Å²) in [6, 6.07) is 16.1. The molecule has 206 valence electrons. The Hall–Kier alpha value is -2.78. The standard InChI is InChI=1S/C26H36N2O6.C3H8/c1-2-21-10-6-7-11-22(21)19-24(28)26(30)34-17-15-32-13-12-31-14-16-33-25(29)23(27)18-20-8-4-3-5-9-20;1-3-2/h3-11,23-24H,2,12-19,27-28H2,1H3;3H2,1-2H3. The molecule has 0 radical (unpaired) electrons. The quantitative estimate of drug-likeness (QED) is 0.258. The molecule has 0 aliphatic rings. The molecular formula is C29H44N2O6. The zero-order chi connectivity index (χ0) is 27.3. The molecule has 0 saturated carbocycles. The Bertz CT molecular complexity index is 878. The fourth-order valence-corrected chi connectivity index (χ4v) is 3.31. The van der Waals surface area contributed by atoms with Gasteiger partial charge in [0.2, 0.25) is 0 Å². The Morgan fingerprint density at radius 2 is 1.08 bits per heavy atom. The summed E-state index contributed by atoms with van der Waals surface area (Å²) in [7, 11) is 0. The number of hydrogen-bond donors (Lipinski definition) is 2. The maximum Gasteiger partial charge on any atom is 0.323 e. The number of aryl methyl sites for hydroxylation is 1. The van der Waals surface area contributed by atoms with Crippen molar-refractivity contribution in [2.24, 2.45) is 11.5 Å².